The molecule has 0 saturated heterocycles. The summed E-state index contributed by atoms with van der Waals surface area (Å²) in [7, 11) is 0. The summed E-state index contributed by atoms with van der Waals surface area (Å²) in [5.41, 5.74) is 7.54. The van der Waals surface area contributed by atoms with E-state index in [1.807, 2.05) is 12.4 Å². The van der Waals surface area contributed by atoms with Crippen LogP contribution in [0.2, 0.25) is 0 Å². The van der Waals surface area contributed by atoms with Gasteiger partial charge in [0.15, 0.2) is 0 Å². The first-order valence-electron chi connectivity index (χ1n) is 4.19. The maximum atomic E-state index is 5.95. The molecular weight excluding hydrogens is 136 g/mol. The first kappa shape index (κ1) is 6.92. The molecule has 2 nitrogen and oxygen atoms in total. The van der Waals surface area contributed by atoms with Gasteiger partial charge in [-0.05, 0) is 37.3 Å². The zero-order valence-corrected chi connectivity index (χ0v) is 6.64. The van der Waals surface area contributed by atoms with Gasteiger partial charge in [-0.25, -0.2) is 0 Å². The number of nitrogens with two attached hydrogens (primary N) is 1. The van der Waals surface area contributed by atoms with Crippen LogP contribution in [0.5, 0.6) is 0 Å². The Hall–Kier alpha value is -0.760. The van der Waals surface area contributed by atoms with E-state index in [2.05, 4.69) is 11.1 Å². The minimum Gasteiger partial charge on any atom is -0.367 e. The minimum absolute atomic E-state index is 0.206. The second-order valence-electron chi connectivity index (χ2n) is 3.58. The van der Waals surface area contributed by atoms with Crippen molar-refractivity contribution in [2.75, 3.05) is 0 Å². The van der Waals surface area contributed by atoms with E-state index in [0.717, 1.165) is 12.8 Å². The summed E-state index contributed by atoms with van der Waals surface area (Å²) in [4.78, 5) is 3.05. The Morgan fingerprint density at radius 1 is 1.55 bits per heavy atom. The largest absolute Gasteiger partial charge is 0.367 e. The Kier molecular flexibility index (Phi) is 1.50. The maximum absolute atomic E-state index is 5.95. The van der Waals surface area contributed by atoms with Crippen LogP contribution in [0.3, 0.4) is 0 Å². The van der Waals surface area contributed by atoms with Crippen LogP contribution in [0.15, 0.2) is 18.5 Å². The molecule has 0 radical (unpaired) electrons. The van der Waals surface area contributed by atoms with E-state index in [1.54, 1.807) is 0 Å². The van der Waals surface area contributed by atoms with Gasteiger partial charge in [-0.15, -0.1) is 0 Å². The van der Waals surface area contributed by atoms with Crippen molar-refractivity contribution in [1.82, 2.24) is 4.98 Å². The summed E-state index contributed by atoms with van der Waals surface area (Å²) in [6.45, 7) is 0. The number of H-pyrrole nitrogens is 1. The van der Waals surface area contributed by atoms with E-state index in [1.165, 1.54) is 18.4 Å². The lowest BCUT2D eigenvalue weighted by molar-refractivity contribution is 0.609. The number of hydrogen-bond donors (Lipinski definition) is 2. The molecule has 0 aromatic carbocycles. The van der Waals surface area contributed by atoms with Gasteiger partial charge in [0.1, 0.15) is 0 Å². The molecule has 0 bridgehead atoms. The van der Waals surface area contributed by atoms with Crippen LogP contribution in [0.4, 0.5) is 0 Å². The van der Waals surface area contributed by atoms with E-state index in [-0.39, 0.29) is 5.54 Å². The predicted octanol–water partition coefficient (Wildman–Crippen LogP) is 1.44. The maximum Gasteiger partial charge on any atom is 0.0158 e. The van der Waals surface area contributed by atoms with Gasteiger partial charge in [0.05, 0.1) is 0 Å². The molecule has 1 fully saturated rings. The van der Waals surface area contributed by atoms with Crippen molar-refractivity contribution in [2.45, 2.75) is 31.2 Å². The smallest absolute Gasteiger partial charge is 0.0158 e. The molecule has 0 spiro atoms. The molecule has 1 aliphatic rings. The lowest BCUT2D eigenvalue weighted by Gasteiger charge is -2.05. The normalized spacial score (nSPS) is 20.1. The molecule has 0 aliphatic heterocycles. The number of aromatic amines is 1. The molecule has 1 heterocycles. The highest BCUT2D eigenvalue weighted by molar-refractivity contribution is 5.11. The number of aromatic nitrogens is 1. The average molecular weight is 150 g/mol. The monoisotopic (exact) mass is 150 g/mol. The summed E-state index contributed by atoms with van der Waals surface area (Å²) in [5.74, 6) is 0. The molecule has 1 aromatic rings. The van der Waals surface area contributed by atoms with Crippen LogP contribution >= 0.6 is 0 Å². The van der Waals surface area contributed by atoms with Crippen molar-refractivity contribution < 1.29 is 0 Å². The number of hydrogen-bond acceptors (Lipinski definition) is 1. The van der Waals surface area contributed by atoms with Crippen LogP contribution in [-0.4, -0.2) is 10.5 Å². The standard InChI is InChI=1S/C9H14N2/c10-9(4-5-9)3-1-8-2-6-11-7-8/h2,6-7,11H,1,3-5,10H2. The zero-order valence-electron chi connectivity index (χ0n) is 6.64. The van der Waals surface area contributed by atoms with Gasteiger partial charge in [-0.2, -0.15) is 0 Å². The highest BCUT2D eigenvalue weighted by Crippen LogP contribution is 2.36. The van der Waals surface area contributed by atoms with Crippen molar-refractivity contribution in [3.05, 3.63) is 24.0 Å². The Morgan fingerprint density at radius 2 is 2.36 bits per heavy atom. The molecule has 2 rings (SSSR count). The quantitative estimate of drug-likeness (QED) is 0.672. The van der Waals surface area contributed by atoms with E-state index >= 15 is 0 Å². The molecule has 2 heteroatoms. The number of nitrogens with one attached hydrogen (secondary N) is 1. The van der Waals surface area contributed by atoms with E-state index in [0.29, 0.717) is 0 Å². The van der Waals surface area contributed by atoms with Gasteiger partial charge >= 0.3 is 0 Å². The number of aryl methyl sites for hydroxylation is 1. The van der Waals surface area contributed by atoms with Gasteiger partial charge in [0.2, 0.25) is 0 Å². The Balaban J connectivity index is 1.83. The lowest BCUT2D eigenvalue weighted by Crippen LogP contribution is -2.21. The van der Waals surface area contributed by atoms with Crippen LogP contribution in [0, 0.1) is 0 Å². The Labute approximate surface area is 66.8 Å². The second kappa shape index (κ2) is 2.38. The molecular formula is C9H14N2. The molecule has 60 valence electrons. The van der Waals surface area contributed by atoms with Crippen LogP contribution in [0.25, 0.3) is 0 Å². The minimum atomic E-state index is 0.206. The fraction of sp³-hybridized carbons (Fsp3) is 0.556. The van der Waals surface area contributed by atoms with Crippen molar-refractivity contribution in [3.63, 3.8) is 0 Å². The second-order valence-corrected chi connectivity index (χ2v) is 3.58. The van der Waals surface area contributed by atoms with E-state index in [4.69, 9.17) is 5.73 Å². The highest BCUT2D eigenvalue weighted by Gasteiger charge is 2.37. The van der Waals surface area contributed by atoms with Crippen LogP contribution < -0.4 is 5.73 Å². The first-order valence-corrected chi connectivity index (χ1v) is 4.19. The molecule has 0 amide bonds. The van der Waals surface area contributed by atoms with Crippen LogP contribution in [0.1, 0.15) is 24.8 Å². The lowest BCUT2D eigenvalue weighted by atomic mass is 10.1. The van der Waals surface area contributed by atoms with E-state index in [9.17, 15) is 0 Å². The Bertz CT molecular complexity index is 222. The SMILES string of the molecule is NC1(CCc2cc[nH]c2)CC1. The van der Waals surface area contributed by atoms with Gasteiger partial charge in [0.25, 0.3) is 0 Å². The predicted molar refractivity (Wildman–Crippen MR) is 45.3 cm³/mol. The summed E-state index contributed by atoms with van der Waals surface area (Å²) in [5, 5.41) is 0. The van der Waals surface area contributed by atoms with Crippen molar-refractivity contribution >= 4 is 0 Å². The Morgan fingerprint density at radius 3 is 2.91 bits per heavy atom. The summed E-state index contributed by atoms with van der Waals surface area (Å²) in [6, 6.07) is 2.12. The van der Waals surface area contributed by atoms with Gasteiger partial charge in [-0.1, -0.05) is 0 Å². The molecule has 11 heavy (non-hydrogen) atoms. The summed E-state index contributed by atoms with van der Waals surface area (Å²) in [6.07, 6.45) is 8.72. The van der Waals surface area contributed by atoms with Crippen molar-refractivity contribution in [3.8, 4) is 0 Å². The van der Waals surface area contributed by atoms with Gasteiger partial charge in [0, 0.05) is 17.9 Å². The molecule has 3 N–H and O–H groups in total. The van der Waals surface area contributed by atoms with Gasteiger partial charge < -0.3 is 10.7 Å². The topological polar surface area (TPSA) is 41.8 Å². The molecule has 1 saturated carbocycles. The fourth-order valence-electron chi connectivity index (χ4n) is 1.32. The average Bonchev–Trinajstić information content (AvgIpc) is 2.53. The van der Waals surface area contributed by atoms with Crippen LogP contribution in [-0.2, 0) is 6.42 Å². The molecule has 1 aromatic heterocycles. The van der Waals surface area contributed by atoms with Crippen molar-refractivity contribution in [2.24, 2.45) is 5.73 Å². The first-order chi connectivity index (χ1) is 5.29. The molecule has 1 aliphatic carbocycles. The third-order valence-electron chi connectivity index (χ3n) is 2.47. The molecule has 0 unspecified atom stereocenters. The fourth-order valence-corrected chi connectivity index (χ4v) is 1.32. The summed E-state index contributed by atoms with van der Waals surface area (Å²) < 4.78 is 0. The third-order valence-corrected chi connectivity index (χ3v) is 2.47. The highest BCUT2D eigenvalue weighted by atomic mass is 14.8. The third kappa shape index (κ3) is 1.63. The van der Waals surface area contributed by atoms with E-state index < -0.39 is 0 Å². The van der Waals surface area contributed by atoms with Crippen molar-refractivity contribution in [1.29, 1.82) is 0 Å². The number of rotatable bonds is 3. The summed E-state index contributed by atoms with van der Waals surface area (Å²) >= 11 is 0. The molecule has 0 atom stereocenters. The van der Waals surface area contributed by atoms with Gasteiger partial charge in [-0.3, -0.25) is 0 Å². The zero-order chi connectivity index (χ0) is 7.73.